The fourth-order valence-electron chi connectivity index (χ4n) is 3.73. The van der Waals surface area contributed by atoms with Crippen molar-refractivity contribution >= 4 is 16.8 Å². The first-order valence-electron chi connectivity index (χ1n) is 9.37. The van der Waals surface area contributed by atoms with Crippen LogP contribution in [0.2, 0.25) is 0 Å². The van der Waals surface area contributed by atoms with Crippen LogP contribution in [0.1, 0.15) is 12.0 Å². The zero-order valence-corrected chi connectivity index (χ0v) is 15.4. The first-order chi connectivity index (χ1) is 14.0. The van der Waals surface area contributed by atoms with Crippen LogP contribution in [0, 0.1) is 17.5 Å². The van der Waals surface area contributed by atoms with Crippen molar-refractivity contribution in [2.45, 2.75) is 25.0 Å². The molecule has 2 heterocycles. The molecule has 0 radical (unpaired) electrons. The molecule has 3 aromatic rings. The molecule has 1 aromatic heterocycles. The number of aryl methyl sites for hydroxylation is 1. The topological polar surface area (TPSA) is 77.2 Å². The molecule has 29 heavy (non-hydrogen) atoms. The number of amides is 1. The predicted molar refractivity (Wildman–Crippen MR) is 103 cm³/mol. The summed E-state index contributed by atoms with van der Waals surface area (Å²) >= 11 is 0. The molecule has 0 spiro atoms. The number of H-pyrrole nitrogens is 1. The number of rotatable bonds is 5. The van der Waals surface area contributed by atoms with Gasteiger partial charge in [0.1, 0.15) is 0 Å². The monoisotopic (exact) mass is 403 g/mol. The summed E-state index contributed by atoms with van der Waals surface area (Å²) in [5.41, 5.74) is 1.63. The van der Waals surface area contributed by atoms with Crippen molar-refractivity contribution in [2.24, 2.45) is 0 Å². The van der Waals surface area contributed by atoms with E-state index in [0.717, 1.165) is 11.6 Å². The van der Waals surface area contributed by atoms with E-state index in [9.17, 15) is 23.1 Å². The highest BCUT2D eigenvalue weighted by molar-refractivity contribution is 5.92. The van der Waals surface area contributed by atoms with Crippen molar-refractivity contribution in [1.29, 1.82) is 0 Å². The zero-order chi connectivity index (χ0) is 20.5. The van der Waals surface area contributed by atoms with Crippen molar-refractivity contribution in [3.05, 3.63) is 59.4 Å². The van der Waals surface area contributed by atoms with Gasteiger partial charge in [-0.05, 0) is 23.6 Å². The lowest BCUT2D eigenvalue weighted by atomic mass is 10.0. The molecule has 4 N–H and O–H groups in total. The minimum atomic E-state index is -1.54. The Morgan fingerprint density at radius 1 is 1.14 bits per heavy atom. The van der Waals surface area contributed by atoms with Crippen LogP contribution in [0.15, 0.2) is 36.4 Å². The lowest BCUT2D eigenvalue weighted by Gasteiger charge is -2.15. The van der Waals surface area contributed by atoms with Crippen LogP contribution >= 0.6 is 0 Å². The number of β-amino-alcohol motifs (C(OH)–C–C–N with tert-alkyl or cyclic N) is 1. The van der Waals surface area contributed by atoms with Gasteiger partial charge in [0.15, 0.2) is 17.5 Å². The normalized spacial score (nSPS) is 19.0. The second-order valence-electron chi connectivity index (χ2n) is 7.15. The minimum absolute atomic E-state index is 0.0522. The molecular weight excluding hydrogens is 383 g/mol. The third-order valence-electron chi connectivity index (χ3n) is 5.23. The Labute approximate surface area is 164 Å². The van der Waals surface area contributed by atoms with Crippen molar-refractivity contribution in [2.75, 3.05) is 13.1 Å². The van der Waals surface area contributed by atoms with E-state index >= 15 is 0 Å². The fraction of sp³-hybridized carbons (Fsp3) is 0.286. The first-order valence-corrected chi connectivity index (χ1v) is 9.37. The summed E-state index contributed by atoms with van der Waals surface area (Å²) < 4.78 is 41.9. The Kier molecular flexibility index (Phi) is 5.29. The van der Waals surface area contributed by atoms with Gasteiger partial charge in [0.25, 0.3) is 0 Å². The second kappa shape index (κ2) is 7.88. The average Bonchev–Trinajstić information content (AvgIpc) is 3.29. The molecule has 1 saturated heterocycles. The van der Waals surface area contributed by atoms with E-state index in [1.54, 1.807) is 24.3 Å². The summed E-state index contributed by atoms with van der Waals surface area (Å²) in [5.74, 6) is -4.38. The Balaban J connectivity index is 1.67. The smallest absolute Gasteiger partial charge is 0.220 e. The van der Waals surface area contributed by atoms with Crippen LogP contribution < -0.4 is 10.6 Å². The number of nitrogens with one attached hydrogen (secondary N) is 3. The summed E-state index contributed by atoms with van der Waals surface area (Å²) in [5, 5.41) is 15.8. The van der Waals surface area contributed by atoms with E-state index in [0.29, 0.717) is 24.3 Å². The third-order valence-corrected chi connectivity index (χ3v) is 5.23. The molecule has 8 heteroatoms. The number of carbonyl (C=O) groups is 1. The highest BCUT2D eigenvalue weighted by Gasteiger charge is 2.27. The van der Waals surface area contributed by atoms with Gasteiger partial charge >= 0.3 is 0 Å². The van der Waals surface area contributed by atoms with Gasteiger partial charge in [-0.3, -0.25) is 4.79 Å². The molecule has 1 aliphatic heterocycles. The second-order valence-corrected chi connectivity index (χ2v) is 7.15. The number of aliphatic hydroxyl groups is 1. The number of aromatic nitrogens is 1. The van der Waals surface area contributed by atoms with E-state index in [2.05, 4.69) is 15.6 Å². The van der Waals surface area contributed by atoms with Gasteiger partial charge in [-0.2, -0.15) is 0 Å². The van der Waals surface area contributed by atoms with Crippen LogP contribution in [-0.2, 0) is 11.2 Å². The van der Waals surface area contributed by atoms with Crippen LogP contribution in [0.4, 0.5) is 13.2 Å². The maximum Gasteiger partial charge on any atom is 0.220 e. The zero-order valence-electron chi connectivity index (χ0n) is 15.4. The molecule has 0 bridgehead atoms. The van der Waals surface area contributed by atoms with Gasteiger partial charge in [-0.1, -0.05) is 30.3 Å². The lowest BCUT2D eigenvalue weighted by molar-refractivity contribution is -0.122. The Hall–Kier alpha value is -2.84. The van der Waals surface area contributed by atoms with Gasteiger partial charge in [-0.15, -0.1) is 0 Å². The highest BCUT2D eigenvalue weighted by atomic mass is 19.2. The molecule has 1 fully saturated rings. The maximum atomic E-state index is 14.3. The maximum absolute atomic E-state index is 14.3. The van der Waals surface area contributed by atoms with Crippen LogP contribution in [-0.4, -0.2) is 41.2 Å². The molecule has 1 aliphatic rings. The SMILES string of the molecule is O=C(CCc1c(-c2ccccc2)[nH]c2c(F)c(F)c(F)cc12)N[C@@H]1CNC[C@H]1O. The molecule has 0 saturated carbocycles. The number of hydrogen-bond donors (Lipinski definition) is 4. The number of halogens is 3. The van der Waals surface area contributed by atoms with E-state index in [4.69, 9.17) is 0 Å². The molecule has 1 amide bonds. The van der Waals surface area contributed by atoms with Gasteiger partial charge in [0.2, 0.25) is 5.91 Å². The Morgan fingerprint density at radius 2 is 1.90 bits per heavy atom. The molecule has 0 aliphatic carbocycles. The summed E-state index contributed by atoms with van der Waals surface area (Å²) in [6, 6.07) is 9.57. The minimum Gasteiger partial charge on any atom is -0.390 e. The number of aromatic amines is 1. The number of benzene rings is 2. The standard InChI is InChI=1S/C21H20F3N3O2/c22-14-8-13-12(6-7-17(29)26-15-9-25-10-16(15)28)20(11-4-2-1-3-5-11)27-21(13)19(24)18(14)23/h1-5,8,15-16,25,27-28H,6-7,9-10H2,(H,26,29)/t15-,16-/m1/s1. The summed E-state index contributed by atoms with van der Waals surface area (Å²) in [6.45, 7) is 0.890. The fourth-order valence-corrected chi connectivity index (χ4v) is 3.73. The van der Waals surface area contributed by atoms with Gasteiger partial charge < -0.3 is 20.7 Å². The molecular formula is C21H20F3N3O2. The van der Waals surface area contributed by atoms with Crippen molar-refractivity contribution in [3.63, 3.8) is 0 Å². The van der Waals surface area contributed by atoms with Crippen LogP contribution in [0.25, 0.3) is 22.2 Å². The van der Waals surface area contributed by atoms with Crippen molar-refractivity contribution in [1.82, 2.24) is 15.6 Å². The molecule has 152 valence electrons. The van der Waals surface area contributed by atoms with E-state index in [-0.39, 0.29) is 35.7 Å². The number of hydrogen-bond acceptors (Lipinski definition) is 3. The van der Waals surface area contributed by atoms with E-state index in [1.807, 2.05) is 6.07 Å². The van der Waals surface area contributed by atoms with Crippen LogP contribution in [0.5, 0.6) is 0 Å². The molecule has 4 rings (SSSR count). The third kappa shape index (κ3) is 3.73. The summed E-state index contributed by atoms with van der Waals surface area (Å²) in [7, 11) is 0. The highest BCUT2D eigenvalue weighted by Crippen LogP contribution is 2.34. The first kappa shape index (κ1) is 19.5. The van der Waals surface area contributed by atoms with E-state index < -0.39 is 23.6 Å². The molecule has 2 aromatic carbocycles. The van der Waals surface area contributed by atoms with Gasteiger partial charge in [0.05, 0.1) is 17.7 Å². The molecule has 5 nitrogen and oxygen atoms in total. The van der Waals surface area contributed by atoms with Crippen molar-refractivity contribution < 1.29 is 23.1 Å². The van der Waals surface area contributed by atoms with Gasteiger partial charge in [-0.25, -0.2) is 13.2 Å². The Bertz CT molecular complexity index is 1050. The van der Waals surface area contributed by atoms with Gasteiger partial charge in [0, 0.05) is 30.6 Å². The number of aliphatic hydroxyl groups excluding tert-OH is 1. The lowest BCUT2D eigenvalue weighted by Crippen LogP contribution is -2.42. The van der Waals surface area contributed by atoms with Crippen LogP contribution in [0.3, 0.4) is 0 Å². The molecule has 2 atom stereocenters. The van der Waals surface area contributed by atoms with Crippen molar-refractivity contribution in [3.8, 4) is 11.3 Å². The number of carbonyl (C=O) groups excluding carboxylic acids is 1. The Morgan fingerprint density at radius 3 is 2.59 bits per heavy atom. The van der Waals surface area contributed by atoms with E-state index in [1.165, 1.54) is 0 Å². The molecule has 0 unspecified atom stereocenters. The predicted octanol–water partition coefficient (Wildman–Crippen LogP) is 2.63. The average molecular weight is 403 g/mol. The number of fused-ring (bicyclic) bond motifs is 1. The summed E-state index contributed by atoms with van der Waals surface area (Å²) in [6.07, 6.45) is -0.411. The summed E-state index contributed by atoms with van der Waals surface area (Å²) in [4.78, 5) is 15.2. The largest absolute Gasteiger partial charge is 0.390 e. The quantitative estimate of drug-likeness (QED) is 0.495.